The molecule has 0 saturated carbocycles. The number of rotatable bonds is 6. The second kappa shape index (κ2) is 8.26. The van der Waals surface area contributed by atoms with Gasteiger partial charge in [0.1, 0.15) is 6.04 Å². The van der Waals surface area contributed by atoms with Crippen LogP contribution in [0.1, 0.15) is 24.0 Å². The molecule has 1 heterocycles. The van der Waals surface area contributed by atoms with Crippen LogP contribution in [0.4, 0.5) is 10.5 Å². The fourth-order valence-corrected chi connectivity index (χ4v) is 3.60. The third-order valence-corrected chi connectivity index (χ3v) is 5.37. The van der Waals surface area contributed by atoms with Crippen molar-refractivity contribution >= 4 is 35.3 Å². The number of carbonyl (C=O) groups is 3. The lowest BCUT2D eigenvalue weighted by atomic mass is 10.1. The van der Waals surface area contributed by atoms with Gasteiger partial charge in [0.25, 0.3) is 5.91 Å². The molecule has 1 atom stereocenters. The lowest BCUT2D eigenvalue weighted by molar-refractivity contribution is -0.120. The van der Waals surface area contributed by atoms with E-state index >= 15 is 0 Å². The Hall–Kier alpha value is -2.80. The van der Waals surface area contributed by atoms with Crippen LogP contribution in [0.25, 0.3) is 0 Å². The van der Waals surface area contributed by atoms with Crippen molar-refractivity contribution in [2.24, 2.45) is 0 Å². The molecule has 0 unspecified atom stereocenters. The third-order valence-electron chi connectivity index (χ3n) is 4.37. The van der Waals surface area contributed by atoms with Gasteiger partial charge in [0.15, 0.2) is 0 Å². The van der Waals surface area contributed by atoms with E-state index in [4.69, 9.17) is 0 Å². The summed E-state index contributed by atoms with van der Waals surface area (Å²) in [5, 5.41) is 7.44. The van der Waals surface area contributed by atoms with Gasteiger partial charge in [-0.05, 0) is 67.8 Å². The number of hydrogen-bond donors (Lipinski definition) is 3. The molecule has 1 aliphatic rings. The van der Waals surface area contributed by atoms with Gasteiger partial charge in [-0.2, -0.15) is 0 Å². The Balaban J connectivity index is 1.51. The van der Waals surface area contributed by atoms with Gasteiger partial charge in [-0.1, -0.05) is 17.8 Å². The Morgan fingerprint density at radius 2 is 1.74 bits per heavy atom. The van der Waals surface area contributed by atoms with Gasteiger partial charge < -0.3 is 10.6 Å². The van der Waals surface area contributed by atoms with Gasteiger partial charge in [-0.25, -0.2) is 4.79 Å². The average Bonchev–Trinajstić information content (AvgIpc) is 2.95. The van der Waals surface area contributed by atoms with Crippen molar-refractivity contribution < 1.29 is 14.4 Å². The zero-order chi connectivity index (χ0) is 19.4. The predicted octanol–water partition coefficient (Wildman–Crippen LogP) is 3.38. The number of urea groups is 1. The number of benzene rings is 2. The lowest BCUT2D eigenvalue weighted by Crippen LogP contribution is -2.30. The number of nitrogens with one attached hydrogen (secondary N) is 3. The van der Waals surface area contributed by atoms with E-state index in [1.165, 1.54) is 16.0 Å². The van der Waals surface area contributed by atoms with Gasteiger partial charge in [0.2, 0.25) is 5.91 Å². The van der Waals surface area contributed by atoms with Crippen molar-refractivity contribution in [3.8, 4) is 0 Å². The molecular formula is C20H21N3O3S. The first-order valence-corrected chi connectivity index (χ1v) is 9.49. The van der Waals surface area contributed by atoms with Gasteiger partial charge in [0.05, 0.1) is 0 Å². The Morgan fingerprint density at radius 3 is 2.37 bits per heavy atom. The molecule has 1 fully saturated rings. The van der Waals surface area contributed by atoms with Crippen LogP contribution in [0.5, 0.6) is 0 Å². The van der Waals surface area contributed by atoms with Crippen LogP contribution in [-0.4, -0.2) is 23.9 Å². The fourth-order valence-electron chi connectivity index (χ4n) is 2.68. The summed E-state index contributed by atoms with van der Waals surface area (Å²) in [5.41, 5.74) is 3.23. The first-order valence-electron chi connectivity index (χ1n) is 8.67. The van der Waals surface area contributed by atoms with Crippen LogP contribution < -0.4 is 16.0 Å². The first kappa shape index (κ1) is 19.0. The first-order chi connectivity index (χ1) is 12.9. The molecule has 6 nitrogen and oxygen atoms in total. The topological polar surface area (TPSA) is 87.3 Å². The van der Waals surface area contributed by atoms with E-state index in [-0.39, 0.29) is 24.7 Å². The molecule has 7 heteroatoms. The molecule has 0 radical (unpaired) electrons. The minimum Gasteiger partial charge on any atom is -0.326 e. The third kappa shape index (κ3) is 5.10. The highest BCUT2D eigenvalue weighted by atomic mass is 32.2. The Kier molecular flexibility index (Phi) is 5.81. The molecule has 3 N–H and O–H groups in total. The summed E-state index contributed by atoms with van der Waals surface area (Å²) in [5.74, 6) is -0.584. The van der Waals surface area contributed by atoms with Gasteiger partial charge >= 0.3 is 6.03 Å². The van der Waals surface area contributed by atoms with Crippen LogP contribution in [0, 0.1) is 13.8 Å². The molecule has 0 aromatic heterocycles. The second-order valence-electron chi connectivity index (χ2n) is 6.47. The van der Waals surface area contributed by atoms with Gasteiger partial charge in [-0.3, -0.25) is 14.9 Å². The SMILES string of the molecule is Cc1ccc(Sc2ccc(NC(=O)CC[C@H]3NC(=O)NC3=O)cc2)cc1C. The zero-order valence-corrected chi connectivity index (χ0v) is 16.0. The monoisotopic (exact) mass is 383 g/mol. The molecule has 3 rings (SSSR count). The van der Waals surface area contributed by atoms with Crippen molar-refractivity contribution in [2.45, 2.75) is 42.5 Å². The summed E-state index contributed by atoms with van der Waals surface area (Å²) in [4.78, 5) is 36.8. The van der Waals surface area contributed by atoms with Crippen molar-refractivity contribution in [3.05, 3.63) is 53.6 Å². The number of aryl methyl sites for hydroxylation is 2. The molecule has 2 aromatic carbocycles. The van der Waals surface area contributed by atoms with Crippen LogP contribution >= 0.6 is 11.8 Å². The molecule has 4 amide bonds. The summed E-state index contributed by atoms with van der Waals surface area (Å²) in [6.07, 6.45) is 0.418. The van der Waals surface area contributed by atoms with Crippen molar-refractivity contribution in [1.82, 2.24) is 10.6 Å². The molecular weight excluding hydrogens is 362 g/mol. The molecule has 2 aromatic rings. The largest absolute Gasteiger partial charge is 0.326 e. The van der Waals surface area contributed by atoms with Crippen LogP contribution in [0.2, 0.25) is 0 Å². The van der Waals surface area contributed by atoms with Gasteiger partial charge in [-0.15, -0.1) is 0 Å². The van der Waals surface area contributed by atoms with E-state index in [1.807, 2.05) is 24.3 Å². The Morgan fingerprint density at radius 1 is 1.04 bits per heavy atom. The standard InChI is InChI=1S/C20H21N3O3S/c1-12-3-6-16(11-13(12)2)27-15-7-4-14(5-8-15)21-18(24)10-9-17-19(25)23-20(26)22-17/h3-8,11,17H,9-10H2,1-2H3,(H,21,24)(H2,22,23,25,26)/t17-/m1/s1. The van der Waals surface area contributed by atoms with Crippen molar-refractivity contribution in [1.29, 1.82) is 0 Å². The Labute approximate surface area is 162 Å². The summed E-state index contributed by atoms with van der Waals surface area (Å²) in [6, 6.07) is 12.8. The minimum absolute atomic E-state index is 0.150. The highest BCUT2D eigenvalue weighted by Gasteiger charge is 2.29. The normalized spacial score (nSPS) is 16.0. The molecule has 1 aliphatic heterocycles. The summed E-state index contributed by atoms with van der Waals surface area (Å²) < 4.78 is 0. The second-order valence-corrected chi connectivity index (χ2v) is 7.62. The summed E-state index contributed by atoms with van der Waals surface area (Å²) in [7, 11) is 0. The number of carbonyl (C=O) groups excluding carboxylic acids is 3. The van der Waals surface area contributed by atoms with E-state index in [0.717, 1.165) is 4.90 Å². The van der Waals surface area contributed by atoms with E-state index in [9.17, 15) is 14.4 Å². The highest BCUT2D eigenvalue weighted by molar-refractivity contribution is 7.99. The average molecular weight is 383 g/mol. The molecule has 0 aliphatic carbocycles. The molecule has 1 saturated heterocycles. The summed E-state index contributed by atoms with van der Waals surface area (Å²) >= 11 is 1.67. The van der Waals surface area contributed by atoms with E-state index in [1.54, 1.807) is 11.8 Å². The Bertz CT molecular complexity index is 881. The maximum atomic E-state index is 12.0. The van der Waals surface area contributed by atoms with Crippen molar-refractivity contribution in [3.63, 3.8) is 0 Å². The summed E-state index contributed by atoms with van der Waals surface area (Å²) in [6.45, 7) is 4.19. The minimum atomic E-state index is -0.639. The quantitative estimate of drug-likeness (QED) is 0.668. The van der Waals surface area contributed by atoms with Crippen LogP contribution in [-0.2, 0) is 9.59 Å². The van der Waals surface area contributed by atoms with E-state index in [0.29, 0.717) is 5.69 Å². The fraction of sp³-hybridized carbons (Fsp3) is 0.250. The van der Waals surface area contributed by atoms with E-state index in [2.05, 4.69) is 48.0 Å². The molecule has 140 valence electrons. The molecule has 0 bridgehead atoms. The van der Waals surface area contributed by atoms with Gasteiger partial charge in [0, 0.05) is 21.9 Å². The highest BCUT2D eigenvalue weighted by Crippen LogP contribution is 2.29. The van der Waals surface area contributed by atoms with Crippen molar-refractivity contribution in [2.75, 3.05) is 5.32 Å². The zero-order valence-electron chi connectivity index (χ0n) is 15.2. The maximum absolute atomic E-state index is 12.0. The number of amides is 4. The van der Waals surface area contributed by atoms with E-state index < -0.39 is 12.1 Å². The molecule has 27 heavy (non-hydrogen) atoms. The maximum Gasteiger partial charge on any atom is 0.322 e. The molecule has 0 spiro atoms. The number of imide groups is 1. The van der Waals surface area contributed by atoms with Crippen LogP contribution in [0.3, 0.4) is 0 Å². The lowest BCUT2D eigenvalue weighted by Gasteiger charge is -2.09. The smallest absolute Gasteiger partial charge is 0.322 e. The predicted molar refractivity (Wildman–Crippen MR) is 105 cm³/mol. The number of hydrogen-bond acceptors (Lipinski definition) is 4. The number of anilines is 1. The van der Waals surface area contributed by atoms with Crippen LogP contribution in [0.15, 0.2) is 52.3 Å².